The van der Waals surface area contributed by atoms with E-state index in [4.69, 9.17) is 5.26 Å². The van der Waals surface area contributed by atoms with Crippen LogP contribution >= 0.6 is 0 Å². The minimum absolute atomic E-state index is 0.0167. The lowest BCUT2D eigenvalue weighted by molar-refractivity contribution is -0.112. The Labute approximate surface area is 133 Å². The third kappa shape index (κ3) is 4.25. The van der Waals surface area contributed by atoms with Gasteiger partial charge in [-0.15, -0.1) is 0 Å². The number of amides is 1. The molecule has 0 heterocycles. The third-order valence-corrected chi connectivity index (χ3v) is 3.01. The summed E-state index contributed by atoms with van der Waals surface area (Å²) < 4.78 is 0. The number of phenols is 2. The van der Waals surface area contributed by atoms with Crippen molar-refractivity contribution in [2.45, 2.75) is 6.92 Å². The van der Waals surface area contributed by atoms with Crippen LogP contribution in [0.1, 0.15) is 5.56 Å². The van der Waals surface area contributed by atoms with Crippen molar-refractivity contribution in [3.05, 3.63) is 59.8 Å². The van der Waals surface area contributed by atoms with Crippen molar-refractivity contribution < 1.29 is 15.0 Å². The molecule has 2 aromatic carbocycles. The Morgan fingerprint density at radius 3 is 2.52 bits per heavy atom. The fourth-order valence-corrected chi connectivity index (χ4v) is 1.81. The van der Waals surface area contributed by atoms with E-state index in [2.05, 4.69) is 10.6 Å². The summed E-state index contributed by atoms with van der Waals surface area (Å²) >= 11 is 0. The van der Waals surface area contributed by atoms with Gasteiger partial charge >= 0.3 is 0 Å². The first-order valence-electron chi connectivity index (χ1n) is 6.76. The van der Waals surface area contributed by atoms with E-state index >= 15 is 0 Å². The molecule has 1 amide bonds. The number of nitrogens with one attached hydrogen (secondary N) is 2. The van der Waals surface area contributed by atoms with Gasteiger partial charge in [-0.25, -0.2) is 0 Å². The van der Waals surface area contributed by atoms with Crippen LogP contribution in [0.5, 0.6) is 11.5 Å². The second-order valence-corrected chi connectivity index (χ2v) is 4.84. The molecule has 23 heavy (non-hydrogen) atoms. The Hall–Kier alpha value is -3.46. The highest BCUT2D eigenvalue weighted by atomic mass is 16.3. The highest BCUT2D eigenvalue weighted by Gasteiger charge is 2.10. The van der Waals surface area contributed by atoms with E-state index in [1.165, 1.54) is 36.5 Å². The first-order chi connectivity index (χ1) is 11.0. The minimum Gasteiger partial charge on any atom is -0.508 e. The SMILES string of the molecule is Cc1ccc(O)c(N/C=C(/C#N)C(=O)Nc2ccc(O)cc2)c1. The quantitative estimate of drug-likeness (QED) is 0.301. The Morgan fingerprint density at radius 2 is 1.87 bits per heavy atom. The van der Waals surface area contributed by atoms with Crippen molar-refractivity contribution in [2.75, 3.05) is 10.6 Å². The predicted octanol–water partition coefficient (Wildman–Crippen LogP) is 2.86. The van der Waals surface area contributed by atoms with Gasteiger partial charge in [-0.1, -0.05) is 6.07 Å². The number of hydrogen-bond donors (Lipinski definition) is 4. The normalized spacial score (nSPS) is 10.7. The number of aromatic hydroxyl groups is 2. The number of aryl methyl sites for hydroxylation is 1. The van der Waals surface area contributed by atoms with Gasteiger partial charge in [0.2, 0.25) is 0 Å². The Morgan fingerprint density at radius 1 is 1.17 bits per heavy atom. The van der Waals surface area contributed by atoms with Crippen molar-refractivity contribution in [1.29, 1.82) is 5.26 Å². The van der Waals surface area contributed by atoms with Gasteiger partial charge in [0.05, 0.1) is 5.69 Å². The molecule has 6 nitrogen and oxygen atoms in total. The van der Waals surface area contributed by atoms with Gasteiger partial charge in [0.15, 0.2) is 0 Å². The van der Waals surface area contributed by atoms with E-state index in [1.54, 1.807) is 18.2 Å². The average molecular weight is 309 g/mol. The van der Waals surface area contributed by atoms with Crippen LogP contribution < -0.4 is 10.6 Å². The van der Waals surface area contributed by atoms with Gasteiger partial charge in [0.1, 0.15) is 23.1 Å². The highest BCUT2D eigenvalue weighted by molar-refractivity contribution is 6.06. The maximum absolute atomic E-state index is 12.0. The van der Waals surface area contributed by atoms with E-state index in [0.717, 1.165) is 5.56 Å². The monoisotopic (exact) mass is 309 g/mol. The fraction of sp³-hybridized carbons (Fsp3) is 0.0588. The maximum atomic E-state index is 12.0. The van der Waals surface area contributed by atoms with Crippen LogP contribution in [0.2, 0.25) is 0 Å². The van der Waals surface area contributed by atoms with Crippen molar-refractivity contribution >= 4 is 17.3 Å². The summed E-state index contributed by atoms with van der Waals surface area (Å²) in [4.78, 5) is 12.0. The third-order valence-electron chi connectivity index (χ3n) is 3.01. The van der Waals surface area contributed by atoms with Crippen LogP contribution in [0.15, 0.2) is 54.2 Å². The zero-order chi connectivity index (χ0) is 16.8. The molecule has 0 aliphatic heterocycles. The van der Waals surface area contributed by atoms with E-state index in [9.17, 15) is 15.0 Å². The number of carbonyl (C=O) groups is 1. The first kappa shape index (κ1) is 15.9. The molecular formula is C17H15N3O3. The van der Waals surface area contributed by atoms with Crippen molar-refractivity contribution in [2.24, 2.45) is 0 Å². The lowest BCUT2D eigenvalue weighted by Crippen LogP contribution is -2.14. The zero-order valence-electron chi connectivity index (χ0n) is 12.4. The molecule has 0 spiro atoms. The van der Waals surface area contributed by atoms with Gasteiger partial charge in [-0.05, 0) is 48.9 Å². The number of benzene rings is 2. The smallest absolute Gasteiger partial charge is 0.267 e. The number of anilines is 2. The van der Waals surface area contributed by atoms with Crippen LogP contribution in [-0.2, 0) is 4.79 Å². The molecule has 0 aromatic heterocycles. The van der Waals surface area contributed by atoms with Crippen LogP contribution in [0.3, 0.4) is 0 Å². The summed E-state index contributed by atoms with van der Waals surface area (Å²) in [6, 6.07) is 12.6. The molecule has 6 heteroatoms. The Balaban J connectivity index is 2.12. The largest absolute Gasteiger partial charge is 0.508 e. The number of phenolic OH excluding ortho intramolecular Hbond substituents is 2. The molecular weight excluding hydrogens is 294 g/mol. The van der Waals surface area contributed by atoms with Crippen LogP contribution in [0, 0.1) is 18.3 Å². The lowest BCUT2D eigenvalue weighted by Gasteiger charge is -2.07. The summed E-state index contributed by atoms with van der Waals surface area (Å²) in [5.74, 6) is -0.503. The Kier molecular flexibility index (Phi) is 4.85. The zero-order valence-corrected chi connectivity index (χ0v) is 12.4. The molecule has 0 atom stereocenters. The van der Waals surface area contributed by atoms with E-state index < -0.39 is 5.91 Å². The van der Waals surface area contributed by atoms with Crippen molar-refractivity contribution in [3.8, 4) is 17.6 Å². The number of nitriles is 1. The maximum Gasteiger partial charge on any atom is 0.267 e. The molecule has 0 bridgehead atoms. The van der Waals surface area contributed by atoms with Gasteiger partial charge in [-0.3, -0.25) is 4.79 Å². The molecule has 2 aromatic rings. The Bertz CT molecular complexity index is 790. The molecule has 4 N–H and O–H groups in total. The molecule has 0 radical (unpaired) electrons. The van der Waals surface area contributed by atoms with Crippen molar-refractivity contribution in [1.82, 2.24) is 0 Å². The minimum atomic E-state index is -0.599. The van der Waals surface area contributed by atoms with E-state index in [1.807, 2.05) is 6.92 Å². The number of rotatable bonds is 4. The van der Waals surface area contributed by atoms with Crippen LogP contribution in [0.25, 0.3) is 0 Å². The van der Waals surface area contributed by atoms with Gasteiger partial charge in [-0.2, -0.15) is 5.26 Å². The lowest BCUT2D eigenvalue weighted by atomic mass is 10.2. The molecule has 116 valence electrons. The molecule has 0 unspecified atom stereocenters. The average Bonchev–Trinajstić information content (AvgIpc) is 2.53. The summed E-state index contributed by atoms with van der Waals surface area (Å²) in [5.41, 5.74) is 1.62. The fourth-order valence-electron chi connectivity index (χ4n) is 1.81. The van der Waals surface area contributed by atoms with Crippen molar-refractivity contribution in [3.63, 3.8) is 0 Å². The summed E-state index contributed by atoms with van der Waals surface area (Å²) in [6.45, 7) is 1.86. The summed E-state index contributed by atoms with van der Waals surface area (Å²) in [5, 5.41) is 33.3. The highest BCUT2D eigenvalue weighted by Crippen LogP contribution is 2.24. The number of carbonyl (C=O) groups excluding carboxylic acids is 1. The van der Waals surface area contributed by atoms with Gasteiger partial charge in [0, 0.05) is 11.9 Å². The van der Waals surface area contributed by atoms with E-state index in [-0.39, 0.29) is 17.1 Å². The van der Waals surface area contributed by atoms with E-state index in [0.29, 0.717) is 11.4 Å². The van der Waals surface area contributed by atoms with Gasteiger partial charge < -0.3 is 20.8 Å². The molecule has 2 rings (SSSR count). The number of hydrogen-bond acceptors (Lipinski definition) is 5. The second-order valence-electron chi connectivity index (χ2n) is 4.84. The molecule has 0 aliphatic carbocycles. The predicted molar refractivity (Wildman–Crippen MR) is 86.9 cm³/mol. The first-order valence-corrected chi connectivity index (χ1v) is 6.76. The molecule has 0 saturated heterocycles. The summed E-state index contributed by atoms with van der Waals surface area (Å²) in [6.07, 6.45) is 1.23. The topological polar surface area (TPSA) is 105 Å². The van der Waals surface area contributed by atoms with Crippen LogP contribution in [-0.4, -0.2) is 16.1 Å². The standard InChI is InChI=1S/C17H15N3O3/c1-11-2-7-16(22)15(8-11)19-10-12(9-18)17(23)20-13-3-5-14(21)6-4-13/h2-8,10,19,21-22H,1H3,(H,20,23)/b12-10-. The molecule has 0 aliphatic rings. The van der Waals surface area contributed by atoms with Gasteiger partial charge in [0.25, 0.3) is 5.91 Å². The molecule has 0 fully saturated rings. The number of nitrogens with zero attached hydrogens (tertiary/aromatic N) is 1. The second kappa shape index (κ2) is 7.00. The summed E-state index contributed by atoms with van der Waals surface area (Å²) in [7, 11) is 0. The molecule has 0 saturated carbocycles. The van der Waals surface area contributed by atoms with Crippen LogP contribution in [0.4, 0.5) is 11.4 Å².